The molecular weight excluding hydrogens is 392 g/mol. The lowest BCUT2D eigenvalue weighted by Crippen LogP contribution is -2.48. The molecule has 29 heavy (non-hydrogen) atoms. The molecule has 1 atom stereocenters. The highest BCUT2D eigenvalue weighted by molar-refractivity contribution is 6.32. The minimum Gasteiger partial charge on any atom is -0.479 e. The van der Waals surface area contributed by atoms with Crippen LogP contribution in [-0.2, 0) is 4.79 Å². The predicted molar refractivity (Wildman–Crippen MR) is 113 cm³/mol. The Morgan fingerprint density at radius 1 is 1.21 bits per heavy atom. The van der Waals surface area contributed by atoms with Crippen LogP contribution in [0.4, 0.5) is 0 Å². The van der Waals surface area contributed by atoms with E-state index in [0.29, 0.717) is 21.8 Å². The van der Waals surface area contributed by atoms with Crippen LogP contribution in [0.15, 0.2) is 27.4 Å². The number of aryl methyl sites for hydroxylation is 1. The summed E-state index contributed by atoms with van der Waals surface area (Å²) in [7, 11) is 2.17. The molecule has 2 fully saturated rings. The van der Waals surface area contributed by atoms with Gasteiger partial charge in [-0.3, -0.25) is 4.79 Å². The van der Waals surface area contributed by atoms with Crippen LogP contribution in [-0.4, -0.2) is 55.0 Å². The Morgan fingerprint density at radius 2 is 1.90 bits per heavy atom. The monoisotopic (exact) mass is 418 g/mol. The van der Waals surface area contributed by atoms with Gasteiger partial charge in [0.15, 0.2) is 6.10 Å². The summed E-state index contributed by atoms with van der Waals surface area (Å²) in [4.78, 5) is 28.9. The average Bonchev–Trinajstić information content (AvgIpc) is 3.03. The smallest absolute Gasteiger partial charge is 0.336 e. The fourth-order valence-corrected chi connectivity index (χ4v) is 4.88. The van der Waals surface area contributed by atoms with E-state index in [-0.39, 0.29) is 5.91 Å². The third kappa shape index (κ3) is 4.01. The molecule has 0 saturated carbocycles. The van der Waals surface area contributed by atoms with Crippen molar-refractivity contribution in [2.24, 2.45) is 5.41 Å². The molecule has 1 amide bonds. The van der Waals surface area contributed by atoms with Crippen molar-refractivity contribution >= 4 is 28.5 Å². The van der Waals surface area contributed by atoms with Gasteiger partial charge < -0.3 is 19.0 Å². The van der Waals surface area contributed by atoms with Crippen molar-refractivity contribution in [2.75, 3.05) is 33.2 Å². The van der Waals surface area contributed by atoms with E-state index >= 15 is 0 Å². The number of halogens is 1. The lowest BCUT2D eigenvalue weighted by molar-refractivity contribution is -0.140. The molecule has 2 saturated heterocycles. The highest BCUT2D eigenvalue weighted by Gasteiger charge is 2.40. The van der Waals surface area contributed by atoms with Gasteiger partial charge >= 0.3 is 5.63 Å². The van der Waals surface area contributed by atoms with Gasteiger partial charge in [-0.1, -0.05) is 11.6 Å². The second-order valence-electron chi connectivity index (χ2n) is 8.60. The molecule has 0 aliphatic carbocycles. The van der Waals surface area contributed by atoms with E-state index < -0.39 is 11.7 Å². The van der Waals surface area contributed by atoms with Crippen LogP contribution in [0, 0.1) is 12.3 Å². The van der Waals surface area contributed by atoms with Crippen molar-refractivity contribution in [1.29, 1.82) is 0 Å². The molecule has 1 aromatic heterocycles. The van der Waals surface area contributed by atoms with Gasteiger partial charge in [-0.05, 0) is 63.7 Å². The molecule has 2 aromatic rings. The maximum atomic E-state index is 12.9. The van der Waals surface area contributed by atoms with Crippen LogP contribution in [0.2, 0.25) is 5.02 Å². The van der Waals surface area contributed by atoms with Crippen LogP contribution in [0.3, 0.4) is 0 Å². The number of piperidine rings is 1. The van der Waals surface area contributed by atoms with Crippen LogP contribution in [0.5, 0.6) is 5.75 Å². The summed E-state index contributed by atoms with van der Waals surface area (Å²) in [6, 6.07) is 4.73. The Bertz CT molecular complexity index is 994. The number of nitrogens with zero attached hydrogens (tertiary/aromatic N) is 2. The molecule has 7 heteroatoms. The zero-order chi connectivity index (χ0) is 20.8. The van der Waals surface area contributed by atoms with E-state index in [0.717, 1.165) is 50.0 Å². The third-order valence-corrected chi connectivity index (χ3v) is 6.72. The first kappa shape index (κ1) is 20.2. The Balaban J connectivity index is 1.45. The van der Waals surface area contributed by atoms with Gasteiger partial charge in [-0.25, -0.2) is 4.79 Å². The molecule has 6 nitrogen and oxygen atoms in total. The molecule has 1 unspecified atom stereocenters. The molecule has 0 bridgehead atoms. The number of hydrogen-bond acceptors (Lipinski definition) is 5. The fraction of sp³-hybridized carbons (Fsp3) is 0.545. The molecule has 1 aromatic carbocycles. The summed E-state index contributed by atoms with van der Waals surface area (Å²) in [5, 5.41) is 1.14. The normalized spacial score (nSPS) is 20.3. The number of carbonyl (C=O) groups excluding carboxylic acids is 1. The third-order valence-electron chi connectivity index (χ3n) is 6.42. The van der Waals surface area contributed by atoms with Gasteiger partial charge in [0.2, 0.25) is 0 Å². The van der Waals surface area contributed by atoms with Crippen molar-refractivity contribution in [2.45, 2.75) is 39.2 Å². The number of fused-ring (bicyclic) bond motifs is 1. The highest BCUT2D eigenvalue weighted by atomic mass is 35.5. The van der Waals surface area contributed by atoms with E-state index in [9.17, 15) is 9.59 Å². The number of amides is 1. The molecule has 2 aliphatic rings. The molecule has 156 valence electrons. The first-order valence-corrected chi connectivity index (χ1v) is 10.5. The fourth-order valence-electron chi connectivity index (χ4n) is 4.68. The van der Waals surface area contributed by atoms with E-state index in [1.807, 2.05) is 11.8 Å². The van der Waals surface area contributed by atoms with Crippen molar-refractivity contribution in [1.82, 2.24) is 9.80 Å². The number of hydrogen-bond donors (Lipinski definition) is 0. The second kappa shape index (κ2) is 7.65. The van der Waals surface area contributed by atoms with Crippen molar-refractivity contribution in [3.63, 3.8) is 0 Å². The summed E-state index contributed by atoms with van der Waals surface area (Å²) in [5.74, 6) is 0.313. The Morgan fingerprint density at radius 3 is 2.55 bits per heavy atom. The summed E-state index contributed by atoms with van der Waals surface area (Å²) in [5.41, 5.74) is 1.13. The maximum Gasteiger partial charge on any atom is 0.336 e. The number of benzene rings is 1. The number of rotatable bonds is 3. The molecule has 0 radical (unpaired) electrons. The van der Waals surface area contributed by atoms with Crippen molar-refractivity contribution < 1.29 is 13.9 Å². The predicted octanol–water partition coefficient (Wildman–Crippen LogP) is 3.47. The zero-order valence-corrected chi connectivity index (χ0v) is 17.9. The number of carbonyl (C=O) groups is 1. The lowest BCUT2D eigenvalue weighted by Gasteiger charge is -2.40. The summed E-state index contributed by atoms with van der Waals surface area (Å²) < 4.78 is 11.2. The number of ether oxygens (including phenoxy) is 1. The van der Waals surface area contributed by atoms with Gasteiger partial charge in [0.1, 0.15) is 11.3 Å². The lowest BCUT2D eigenvalue weighted by atomic mass is 9.77. The first-order valence-electron chi connectivity index (χ1n) is 10.1. The largest absolute Gasteiger partial charge is 0.479 e. The minimum absolute atomic E-state index is 0.0342. The van der Waals surface area contributed by atoms with Crippen molar-refractivity contribution in [3.05, 3.63) is 39.2 Å². The topological polar surface area (TPSA) is 63.0 Å². The summed E-state index contributed by atoms with van der Waals surface area (Å²) in [6.07, 6.45) is 2.63. The Kier molecular flexibility index (Phi) is 5.34. The molecule has 2 aliphatic heterocycles. The number of likely N-dealkylation sites (tertiary alicyclic amines) is 2. The van der Waals surface area contributed by atoms with Gasteiger partial charge in [0.25, 0.3) is 5.91 Å². The van der Waals surface area contributed by atoms with Crippen LogP contribution < -0.4 is 10.4 Å². The highest BCUT2D eigenvalue weighted by Crippen LogP contribution is 2.40. The SMILES string of the molecule is Cc1cc(=O)oc2cc(OC(C)C(=O)N3CCC4(CCN(C)C4)CC3)c(Cl)cc12. The van der Waals surface area contributed by atoms with E-state index in [2.05, 4.69) is 11.9 Å². The van der Waals surface area contributed by atoms with Gasteiger partial charge in [0, 0.05) is 37.2 Å². The van der Waals surface area contributed by atoms with Crippen molar-refractivity contribution in [3.8, 4) is 5.75 Å². The molecule has 1 spiro atoms. The van der Waals surface area contributed by atoms with E-state index in [4.69, 9.17) is 20.8 Å². The minimum atomic E-state index is -0.665. The molecule has 0 N–H and O–H groups in total. The summed E-state index contributed by atoms with van der Waals surface area (Å²) in [6.45, 7) is 7.36. The standard InChI is InChI=1S/C22H27ClN2O4/c1-14-10-20(26)29-18-12-19(17(23)11-16(14)18)28-15(2)21(27)25-8-5-22(6-9-25)4-7-24(3)13-22/h10-12,15H,4-9,13H2,1-3H3. The van der Waals surface area contributed by atoms with E-state index in [1.165, 1.54) is 12.5 Å². The Hall–Kier alpha value is -2.05. The van der Waals surface area contributed by atoms with Gasteiger partial charge in [-0.15, -0.1) is 0 Å². The molecular formula is C22H27ClN2O4. The maximum absolute atomic E-state index is 12.9. The van der Waals surface area contributed by atoms with Crippen LogP contribution in [0.1, 0.15) is 31.7 Å². The average molecular weight is 419 g/mol. The second-order valence-corrected chi connectivity index (χ2v) is 9.01. The summed E-state index contributed by atoms with van der Waals surface area (Å²) >= 11 is 6.37. The van der Waals surface area contributed by atoms with Gasteiger partial charge in [0.05, 0.1) is 5.02 Å². The van der Waals surface area contributed by atoms with Gasteiger partial charge in [-0.2, -0.15) is 0 Å². The molecule has 4 rings (SSSR count). The first-order chi connectivity index (χ1) is 13.8. The Labute approximate surface area is 175 Å². The molecule has 3 heterocycles. The zero-order valence-electron chi connectivity index (χ0n) is 17.2. The van der Waals surface area contributed by atoms with Crippen LogP contribution >= 0.6 is 11.6 Å². The van der Waals surface area contributed by atoms with Crippen LogP contribution in [0.25, 0.3) is 11.0 Å². The van der Waals surface area contributed by atoms with E-state index in [1.54, 1.807) is 19.1 Å². The quantitative estimate of drug-likeness (QED) is 0.714.